The Labute approximate surface area is 135 Å². The average Bonchev–Trinajstić information content (AvgIpc) is 2.61. The van der Waals surface area contributed by atoms with E-state index in [1.807, 2.05) is 0 Å². The summed E-state index contributed by atoms with van der Waals surface area (Å²) in [7, 11) is 1.21. The Kier molecular flexibility index (Phi) is 5.06. The number of ketones is 2. The first-order valence-corrected chi connectivity index (χ1v) is 7.25. The average molecular weight is 310 g/mol. The molecule has 0 aliphatic carbocycles. The molecular formula is C19H18O4. The fourth-order valence-corrected chi connectivity index (χ4v) is 2.43. The molecule has 0 aliphatic rings. The summed E-state index contributed by atoms with van der Waals surface area (Å²) in [5.41, 5.74) is -0.715. The van der Waals surface area contributed by atoms with Gasteiger partial charge in [-0.15, -0.1) is 0 Å². The van der Waals surface area contributed by atoms with Gasteiger partial charge in [-0.2, -0.15) is 0 Å². The van der Waals surface area contributed by atoms with Gasteiger partial charge >= 0.3 is 5.97 Å². The maximum atomic E-state index is 12.8. The van der Waals surface area contributed by atoms with E-state index in [1.165, 1.54) is 14.0 Å². The van der Waals surface area contributed by atoms with Crippen molar-refractivity contribution in [1.29, 1.82) is 0 Å². The number of carbonyl (C=O) groups is 3. The number of methoxy groups -OCH3 is 1. The molecule has 2 aromatic carbocycles. The van der Waals surface area contributed by atoms with Crippen LogP contribution in [0.25, 0.3) is 0 Å². The van der Waals surface area contributed by atoms with Gasteiger partial charge < -0.3 is 4.74 Å². The van der Waals surface area contributed by atoms with E-state index >= 15 is 0 Å². The molecule has 0 aromatic heterocycles. The molecule has 0 heterocycles. The first-order chi connectivity index (χ1) is 11.0. The van der Waals surface area contributed by atoms with Gasteiger partial charge in [0.05, 0.1) is 7.11 Å². The van der Waals surface area contributed by atoms with Gasteiger partial charge in [0.15, 0.2) is 11.6 Å². The lowest BCUT2D eigenvalue weighted by Crippen LogP contribution is -2.39. The lowest BCUT2D eigenvalue weighted by Gasteiger charge is -2.24. The van der Waals surface area contributed by atoms with Gasteiger partial charge in [-0.1, -0.05) is 60.7 Å². The molecule has 118 valence electrons. The number of rotatable bonds is 6. The minimum absolute atomic E-state index is 0.239. The molecule has 4 heteroatoms. The summed E-state index contributed by atoms with van der Waals surface area (Å²) < 4.78 is 4.78. The number of esters is 1. The Bertz CT molecular complexity index is 707. The topological polar surface area (TPSA) is 60.4 Å². The second kappa shape index (κ2) is 7.01. The van der Waals surface area contributed by atoms with Gasteiger partial charge in [0, 0.05) is 17.5 Å². The third-order valence-corrected chi connectivity index (χ3v) is 3.78. The zero-order valence-electron chi connectivity index (χ0n) is 13.1. The van der Waals surface area contributed by atoms with Crippen LogP contribution < -0.4 is 0 Å². The van der Waals surface area contributed by atoms with E-state index < -0.39 is 17.2 Å². The number of Topliss-reactive ketones (excluding diaryl/α,β-unsaturated/α-hetero) is 2. The standard InChI is InChI=1S/C19H18O4/c1-19(18(22)23-2,17(21)15-11-7-4-8-12-15)13-16(20)14-9-5-3-6-10-14/h3-12H,13H2,1-2H3. The molecule has 0 fully saturated rings. The summed E-state index contributed by atoms with van der Waals surface area (Å²) in [4.78, 5) is 37.5. The summed E-state index contributed by atoms with van der Waals surface area (Å²) in [6.45, 7) is 1.45. The van der Waals surface area contributed by atoms with Crippen LogP contribution in [0.4, 0.5) is 0 Å². The number of carbonyl (C=O) groups excluding carboxylic acids is 3. The normalized spacial score (nSPS) is 13.0. The lowest BCUT2D eigenvalue weighted by atomic mass is 9.77. The Hall–Kier alpha value is -2.75. The third kappa shape index (κ3) is 3.54. The summed E-state index contributed by atoms with van der Waals surface area (Å²) in [5, 5.41) is 0. The Balaban J connectivity index is 2.35. The van der Waals surface area contributed by atoms with Crippen molar-refractivity contribution in [2.24, 2.45) is 5.41 Å². The van der Waals surface area contributed by atoms with E-state index in [-0.39, 0.29) is 12.2 Å². The fraction of sp³-hybridized carbons (Fsp3) is 0.211. The Morgan fingerprint density at radius 2 is 1.35 bits per heavy atom. The second-order valence-electron chi connectivity index (χ2n) is 5.48. The zero-order chi connectivity index (χ0) is 16.9. The molecule has 2 rings (SSSR count). The van der Waals surface area contributed by atoms with Crippen LogP contribution in [-0.2, 0) is 9.53 Å². The van der Waals surface area contributed by atoms with Crippen molar-refractivity contribution in [2.45, 2.75) is 13.3 Å². The molecule has 1 unspecified atom stereocenters. The molecule has 0 N–H and O–H groups in total. The van der Waals surface area contributed by atoms with Crippen LogP contribution in [0.2, 0.25) is 0 Å². The van der Waals surface area contributed by atoms with Crippen molar-refractivity contribution in [3.05, 3.63) is 71.8 Å². The van der Waals surface area contributed by atoms with E-state index in [4.69, 9.17) is 4.74 Å². The molecule has 0 bridgehead atoms. The monoisotopic (exact) mass is 310 g/mol. The van der Waals surface area contributed by atoms with Gasteiger partial charge in [0.2, 0.25) is 0 Å². The van der Waals surface area contributed by atoms with Crippen molar-refractivity contribution in [3.63, 3.8) is 0 Å². The van der Waals surface area contributed by atoms with Gasteiger partial charge in [0.25, 0.3) is 0 Å². The van der Waals surface area contributed by atoms with Gasteiger partial charge in [-0.25, -0.2) is 0 Å². The highest BCUT2D eigenvalue weighted by molar-refractivity contribution is 6.15. The second-order valence-corrected chi connectivity index (χ2v) is 5.48. The third-order valence-electron chi connectivity index (χ3n) is 3.78. The van der Waals surface area contributed by atoms with Crippen LogP contribution in [0, 0.1) is 5.41 Å². The molecule has 0 radical (unpaired) electrons. The lowest BCUT2D eigenvalue weighted by molar-refractivity contribution is -0.148. The molecule has 4 nitrogen and oxygen atoms in total. The van der Waals surface area contributed by atoms with E-state index in [1.54, 1.807) is 60.7 Å². The van der Waals surface area contributed by atoms with Crippen molar-refractivity contribution >= 4 is 17.5 Å². The van der Waals surface area contributed by atoms with Crippen LogP contribution in [-0.4, -0.2) is 24.6 Å². The largest absolute Gasteiger partial charge is 0.468 e. The molecule has 1 atom stereocenters. The van der Waals surface area contributed by atoms with Gasteiger partial charge in [0.1, 0.15) is 5.41 Å². The van der Waals surface area contributed by atoms with Crippen molar-refractivity contribution in [1.82, 2.24) is 0 Å². The van der Waals surface area contributed by atoms with Crippen molar-refractivity contribution in [3.8, 4) is 0 Å². The summed E-state index contributed by atoms with van der Waals surface area (Å²) in [5.74, 6) is -1.41. The predicted molar refractivity (Wildman–Crippen MR) is 86.3 cm³/mol. The van der Waals surface area contributed by atoms with Crippen LogP contribution in [0.3, 0.4) is 0 Å². The molecule has 0 saturated carbocycles. The quantitative estimate of drug-likeness (QED) is 0.466. The maximum absolute atomic E-state index is 12.8. The van der Waals surface area contributed by atoms with Crippen molar-refractivity contribution in [2.75, 3.05) is 7.11 Å². The molecule has 0 saturated heterocycles. The highest BCUT2D eigenvalue weighted by atomic mass is 16.5. The molecule has 23 heavy (non-hydrogen) atoms. The Morgan fingerprint density at radius 1 is 0.870 bits per heavy atom. The summed E-state index contributed by atoms with van der Waals surface area (Å²) >= 11 is 0. The molecule has 2 aromatic rings. The van der Waals surface area contributed by atoms with E-state index in [0.29, 0.717) is 11.1 Å². The maximum Gasteiger partial charge on any atom is 0.319 e. The smallest absolute Gasteiger partial charge is 0.319 e. The minimum Gasteiger partial charge on any atom is -0.468 e. The minimum atomic E-state index is -1.55. The molecule has 0 amide bonds. The Morgan fingerprint density at radius 3 is 1.83 bits per heavy atom. The fourth-order valence-electron chi connectivity index (χ4n) is 2.43. The number of ether oxygens (including phenoxy) is 1. The first-order valence-electron chi connectivity index (χ1n) is 7.25. The van der Waals surface area contributed by atoms with Gasteiger partial charge in [-0.3, -0.25) is 14.4 Å². The number of benzene rings is 2. The van der Waals surface area contributed by atoms with Crippen LogP contribution in [0.1, 0.15) is 34.1 Å². The molecule has 0 aliphatic heterocycles. The number of hydrogen-bond acceptors (Lipinski definition) is 4. The highest BCUT2D eigenvalue weighted by Gasteiger charge is 2.44. The van der Waals surface area contributed by atoms with E-state index in [2.05, 4.69) is 0 Å². The van der Waals surface area contributed by atoms with Crippen LogP contribution >= 0.6 is 0 Å². The van der Waals surface area contributed by atoms with Crippen LogP contribution in [0.15, 0.2) is 60.7 Å². The van der Waals surface area contributed by atoms with Crippen LogP contribution in [0.5, 0.6) is 0 Å². The van der Waals surface area contributed by atoms with E-state index in [9.17, 15) is 14.4 Å². The van der Waals surface area contributed by atoms with Gasteiger partial charge in [-0.05, 0) is 6.92 Å². The first kappa shape index (κ1) is 16.6. The summed E-state index contributed by atoms with van der Waals surface area (Å²) in [6, 6.07) is 17.0. The molecule has 0 spiro atoms. The summed E-state index contributed by atoms with van der Waals surface area (Å²) in [6.07, 6.45) is -0.239. The SMILES string of the molecule is COC(=O)C(C)(CC(=O)c1ccccc1)C(=O)c1ccccc1. The van der Waals surface area contributed by atoms with Crippen molar-refractivity contribution < 1.29 is 19.1 Å². The number of hydrogen-bond donors (Lipinski definition) is 0. The van der Waals surface area contributed by atoms with E-state index in [0.717, 1.165) is 0 Å². The molecular weight excluding hydrogens is 292 g/mol. The zero-order valence-corrected chi connectivity index (χ0v) is 13.1. The highest BCUT2D eigenvalue weighted by Crippen LogP contribution is 2.30. The predicted octanol–water partition coefficient (Wildman–Crippen LogP) is 3.32.